The van der Waals surface area contributed by atoms with Gasteiger partial charge in [-0.25, -0.2) is 4.79 Å². The van der Waals surface area contributed by atoms with Crippen LogP contribution in [-0.2, 0) is 22.4 Å². The van der Waals surface area contributed by atoms with Gasteiger partial charge in [0.15, 0.2) is 6.61 Å². The van der Waals surface area contributed by atoms with E-state index in [1.807, 2.05) is 12.1 Å². The van der Waals surface area contributed by atoms with Gasteiger partial charge in [-0.15, -0.1) is 0 Å². The molecule has 2 aliphatic carbocycles. The second-order valence-corrected chi connectivity index (χ2v) is 8.82. The number of hydrogen-bond donors (Lipinski definition) is 2. The predicted molar refractivity (Wildman–Crippen MR) is 118 cm³/mol. The lowest BCUT2D eigenvalue weighted by Crippen LogP contribution is -2.26. The Kier molecular flexibility index (Phi) is 10.2. The number of ether oxygens (including phenoxy) is 1. The van der Waals surface area contributed by atoms with Crippen molar-refractivity contribution in [2.75, 3.05) is 6.61 Å². The van der Waals surface area contributed by atoms with Gasteiger partial charge in [0, 0.05) is 6.92 Å². The Balaban J connectivity index is 0.000000735. The van der Waals surface area contributed by atoms with Gasteiger partial charge in [-0.05, 0) is 60.6 Å². The summed E-state index contributed by atoms with van der Waals surface area (Å²) in [5.41, 5.74) is 2.67. The van der Waals surface area contributed by atoms with Gasteiger partial charge in [-0.1, -0.05) is 64.0 Å². The van der Waals surface area contributed by atoms with Crippen LogP contribution in [0.25, 0.3) is 0 Å². The molecule has 0 aliphatic heterocycles. The second kappa shape index (κ2) is 12.6. The van der Waals surface area contributed by atoms with E-state index in [0.29, 0.717) is 0 Å². The monoisotopic (exact) mass is 418 g/mol. The number of benzene rings is 1. The number of fused-ring (bicyclic) bond motifs is 2. The van der Waals surface area contributed by atoms with Crippen LogP contribution in [0.15, 0.2) is 18.2 Å². The Morgan fingerprint density at radius 1 is 1.03 bits per heavy atom. The predicted octanol–water partition coefficient (Wildman–Crippen LogP) is 5.73. The fraction of sp³-hybridized carbons (Fsp3) is 0.680. The van der Waals surface area contributed by atoms with Crippen LogP contribution in [0.1, 0.15) is 82.8 Å². The Hall–Kier alpha value is -2.04. The Bertz CT molecular complexity index is 680. The maximum absolute atomic E-state index is 10.8. The van der Waals surface area contributed by atoms with Crippen LogP contribution in [0.2, 0.25) is 0 Å². The summed E-state index contributed by atoms with van der Waals surface area (Å²) >= 11 is 0. The molecule has 2 aliphatic rings. The van der Waals surface area contributed by atoms with E-state index >= 15 is 0 Å². The Morgan fingerprint density at radius 2 is 1.73 bits per heavy atom. The van der Waals surface area contributed by atoms with Gasteiger partial charge in [-0.3, -0.25) is 4.79 Å². The summed E-state index contributed by atoms with van der Waals surface area (Å²) in [6.45, 7) is 3.11. The highest BCUT2D eigenvalue weighted by molar-refractivity contribution is 5.68. The first kappa shape index (κ1) is 24.2. The summed E-state index contributed by atoms with van der Waals surface area (Å²) in [6, 6.07) is 6.18. The van der Waals surface area contributed by atoms with Crippen molar-refractivity contribution in [2.45, 2.75) is 84.5 Å². The molecule has 0 amide bonds. The van der Waals surface area contributed by atoms with Gasteiger partial charge >= 0.3 is 5.97 Å². The minimum atomic E-state index is -0.906. The molecule has 0 spiro atoms. The smallest absolute Gasteiger partial charge is 0.341 e. The van der Waals surface area contributed by atoms with E-state index in [1.54, 1.807) is 0 Å². The van der Waals surface area contributed by atoms with Gasteiger partial charge in [0.2, 0.25) is 0 Å². The number of aliphatic carboxylic acids is 2. The molecule has 1 saturated carbocycles. The average molecular weight is 419 g/mol. The summed E-state index contributed by atoms with van der Waals surface area (Å²) in [7, 11) is 0. The normalized spacial score (nSPS) is 21.7. The van der Waals surface area contributed by atoms with Crippen LogP contribution in [-0.4, -0.2) is 28.8 Å². The third kappa shape index (κ3) is 7.66. The number of carboxylic acid groups (broad SMARTS) is 2. The van der Waals surface area contributed by atoms with Crippen LogP contribution >= 0.6 is 0 Å². The number of hydrogen-bond acceptors (Lipinski definition) is 3. The van der Waals surface area contributed by atoms with E-state index in [-0.39, 0.29) is 6.61 Å². The van der Waals surface area contributed by atoms with Crippen LogP contribution in [0.4, 0.5) is 0 Å². The molecule has 3 atom stereocenters. The van der Waals surface area contributed by atoms with Gasteiger partial charge in [-0.2, -0.15) is 0 Å². The zero-order chi connectivity index (χ0) is 21.9. The minimum absolute atomic E-state index is 0.245. The summed E-state index contributed by atoms with van der Waals surface area (Å²) in [5.74, 6) is 1.54. The Morgan fingerprint density at radius 3 is 2.43 bits per heavy atom. The first-order chi connectivity index (χ1) is 14.4. The highest BCUT2D eigenvalue weighted by Gasteiger charge is 2.39. The molecule has 0 radical (unpaired) electrons. The van der Waals surface area contributed by atoms with Crippen molar-refractivity contribution in [3.63, 3.8) is 0 Å². The van der Waals surface area contributed by atoms with Gasteiger partial charge in [0.25, 0.3) is 5.97 Å². The fourth-order valence-electron chi connectivity index (χ4n) is 5.20. The molecule has 30 heavy (non-hydrogen) atoms. The first-order valence-corrected chi connectivity index (χ1v) is 11.6. The third-order valence-electron chi connectivity index (χ3n) is 6.55. The molecule has 1 aromatic rings. The van der Waals surface area contributed by atoms with Crippen molar-refractivity contribution in [1.82, 2.24) is 0 Å². The van der Waals surface area contributed by atoms with Crippen molar-refractivity contribution in [1.29, 1.82) is 0 Å². The highest BCUT2D eigenvalue weighted by atomic mass is 16.5. The lowest BCUT2D eigenvalue weighted by Gasteiger charge is -2.32. The van der Waals surface area contributed by atoms with E-state index in [4.69, 9.17) is 19.7 Å². The molecule has 5 nitrogen and oxygen atoms in total. The standard InChI is InChI=1S/C23H34O3.C2H4O2/c1-2-3-4-5-6-7-9-17-12-13-19-15-21-18(14-20(17)19)10-8-11-22(21)26-16-23(24)25;1-2(3)4/h8,10-11,17,19-20H,2-7,9,12-16H2,1H3,(H,24,25);1H3,(H,3,4)/t17-,19+,20+;/m0./s1. The van der Waals surface area contributed by atoms with E-state index in [0.717, 1.165) is 43.3 Å². The van der Waals surface area contributed by atoms with E-state index in [9.17, 15) is 4.79 Å². The summed E-state index contributed by atoms with van der Waals surface area (Å²) in [4.78, 5) is 19.8. The topological polar surface area (TPSA) is 83.8 Å². The molecule has 5 heteroatoms. The number of rotatable bonds is 10. The lowest BCUT2D eigenvalue weighted by atomic mass is 9.73. The number of carboxylic acids is 2. The van der Waals surface area contributed by atoms with Crippen LogP contribution in [0.3, 0.4) is 0 Å². The van der Waals surface area contributed by atoms with Crippen LogP contribution in [0, 0.1) is 17.8 Å². The maximum Gasteiger partial charge on any atom is 0.341 e. The lowest BCUT2D eigenvalue weighted by molar-refractivity contribution is -0.139. The summed E-state index contributed by atoms with van der Waals surface area (Å²) in [6.07, 6.45) is 14.7. The maximum atomic E-state index is 10.8. The fourth-order valence-corrected chi connectivity index (χ4v) is 5.20. The molecule has 0 saturated heterocycles. The first-order valence-electron chi connectivity index (χ1n) is 11.6. The molecule has 0 bridgehead atoms. The summed E-state index contributed by atoms with van der Waals surface area (Å²) < 4.78 is 5.55. The molecular formula is C25H38O5. The molecule has 168 valence electrons. The zero-order valence-corrected chi connectivity index (χ0v) is 18.6. The van der Waals surface area contributed by atoms with Crippen LogP contribution in [0.5, 0.6) is 5.75 Å². The highest BCUT2D eigenvalue weighted by Crippen LogP contribution is 2.48. The molecule has 0 aromatic heterocycles. The van der Waals surface area contributed by atoms with Crippen molar-refractivity contribution in [2.24, 2.45) is 17.8 Å². The molecule has 1 aromatic carbocycles. The third-order valence-corrected chi connectivity index (χ3v) is 6.55. The quantitative estimate of drug-likeness (QED) is 0.474. The van der Waals surface area contributed by atoms with Crippen molar-refractivity contribution < 1.29 is 24.5 Å². The van der Waals surface area contributed by atoms with Gasteiger partial charge in [0.05, 0.1) is 0 Å². The largest absolute Gasteiger partial charge is 0.482 e. The van der Waals surface area contributed by atoms with Crippen LogP contribution < -0.4 is 4.74 Å². The second-order valence-electron chi connectivity index (χ2n) is 8.82. The van der Waals surface area contributed by atoms with E-state index in [1.165, 1.54) is 68.9 Å². The number of carbonyl (C=O) groups is 2. The van der Waals surface area contributed by atoms with E-state index < -0.39 is 11.9 Å². The molecule has 0 unspecified atom stereocenters. The molecule has 3 rings (SSSR count). The van der Waals surface area contributed by atoms with Gasteiger partial charge < -0.3 is 14.9 Å². The summed E-state index contributed by atoms with van der Waals surface area (Å²) in [5, 5.41) is 16.3. The van der Waals surface area contributed by atoms with Crippen molar-refractivity contribution in [3.8, 4) is 5.75 Å². The molecule has 1 fully saturated rings. The molecule has 0 heterocycles. The zero-order valence-electron chi connectivity index (χ0n) is 18.6. The average Bonchev–Trinajstić information content (AvgIpc) is 3.08. The molecular weight excluding hydrogens is 380 g/mol. The van der Waals surface area contributed by atoms with Crippen molar-refractivity contribution >= 4 is 11.9 Å². The van der Waals surface area contributed by atoms with E-state index in [2.05, 4.69) is 13.0 Å². The van der Waals surface area contributed by atoms with Crippen molar-refractivity contribution in [3.05, 3.63) is 29.3 Å². The molecule has 2 N–H and O–H groups in total. The van der Waals surface area contributed by atoms with Gasteiger partial charge in [0.1, 0.15) is 5.75 Å². The minimum Gasteiger partial charge on any atom is -0.482 e. The number of unbranched alkanes of at least 4 members (excludes halogenated alkanes) is 5. The Labute approximate surface area is 180 Å². The SMILES string of the molecule is CC(=O)O.CCCCCCCC[C@H]1CC[C@@H]2Cc3c(cccc3OCC(=O)O)C[C@H]12.